The highest BCUT2D eigenvalue weighted by molar-refractivity contribution is 6.01. The number of fused-ring (bicyclic) bond motifs is 1. The monoisotopic (exact) mass is 218 g/mol. The Kier molecular flexibility index (Phi) is 2.72. The minimum Gasteiger partial charge on any atom is -0.328 e. The van der Waals surface area contributed by atoms with Crippen LogP contribution in [0.3, 0.4) is 0 Å². The van der Waals surface area contributed by atoms with Crippen molar-refractivity contribution in [3.63, 3.8) is 0 Å². The number of benzene rings is 1. The molecule has 16 heavy (non-hydrogen) atoms. The van der Waals surface area contributed by atoms with Crippen molar-refractivity contribution in [2.75, 3.05) is 11.9 Å². The Balaban J connectivity index is 2.50. The fourth-order valence-electron chi connectivity index (χ4n) is 2.41. The molecule has 1 aliphatic rings. The maximum absolute atomic E-state index is 11.7. The van der Waals surface area contributed by atoms with Crippen LogP contribution >= 0.6 is 0 Å². The quantitative estimate of drug-likeness (QED) is 0.815. The third kappa shape index (κ3) is 1.83. The van der Waals surface area contributed by atoms with Gasteiger partial charge in [-0.3, -0.25) is 4.79 Å². The van der Waals surface area contributed by atoms with Gasteiger partial charge in [0.25, 0.3) is 0 Å². The molecule has 0 fully saturated rings. The van der Waals surface area contributed by atoms with Crippen LogP contribution < -0.4 is 10.6 Å². The number of carbonyl (C=O) groups excluding carboxylic acids is 1. The first kappa shape index (κ1) is 11.1. The summed E-state index contributed by atoms with van der Waals surface area (Å²) in [7, 11) is 1.84. The highest BCUT2D eigenvalue weighted by Crippen LogP contribution is 2.33. The Bertz CT molecular complexity index is 438. The van der Waals surface area contributed by atoms with Gasteiger partial charge in [0.05, 0.1) is 12.1 Å². The van der Waals surface area contributed by atoms with Crippen molar-refractivity contribution in [2.45, 2.75) is 32.7 Å². The standard InChI is InChI=1S/C13H18N2O/c1-8-4-10(6-9(2)14)13-11(5-8)7-12(16)15(13)3/h4-5,9H,6-7,14H2,1-3H3. The largest absolute Gasteiger partial charge is 0.328 e. The van der Waals surface area contributed by atoms with E-state index in [1.54, 1.807) is 4.90 Å². The van der Waals surface area contributed by atoms with Crippen molar-refractivity contribution in [2.24, 2.45) is 5.73 Å². The zero-order valence-corrected chi connectivity index (χ0v) is 10.1. The minimum absolute atomic E-state index is 0.120. The van der Waals surface area contributed by atoms with E-state index in [4.69, 9.17) is 5.73 Å². The molecule has 1 aromatic carbocycles. The number of nitrogens with two attached hydrogens (primary N) is 1. The van der Waals surface area contributed by atoms with E-state index in [0.717, 1.165) is 17.7 Å². The molecule has 1 atom stereocenters. The molecule has 2 N–H and O–H groups in total. The van der Waals surface area contributed by atoms with Gasteiger partial charge in [-0.1, -0.05) is 17.7 Å². The highest BCUT2D eigenvalue weighted by Gasteiger charge is 2.26. The van der Waals surface area contributed by atoms with Gasteiger partial charge in [0, 0.05) is 13.1 Å². The van der Waals surface area contributed by atoms with Gasteiger partial charge in [0.1, 0.15) is 0 Å². The summed E-state index contributed by atoms with van der Waals surface area (Å²) in [6.45, 7) is 4.05. The van der Waals surface area contributed by atoms with Crippen LogP contribution in [-0.4, -0.2) is 19.0 Å². The molecule has 1 aromatic rings. The van der Waals surface area contributed by atoms with Crippen LogP contribution in [-0.2, 0) is 17.6 Å². The second kappa shape index (κ2) is 3.91. The van der Waals surface area contributed by atoms with Crippen LogP contribution in [0.1, 0.15) is 23.6 Å². The molecule has 1 heterocycles. The van der Waals surface area contributed by atoms with Gasteiger partial charge in [0.15, 0.2) is 0 Å². The molecule has 0 saturated heterocycles. The molecule has 3 nitrogen and oxygen atoms in total. The average Bonchev–Trinajstić information content (AvgIpc) is 2.40. The summed E-state index contributed by atoms with van der Waals surface area (Å²) in [5, 5.41) is 0. The predicted molar refractivity (Wildman–Crippen MR) is 65.6 cm³/mol. The van der Waals surface area contributed by atoms with Crippen molar-refractivity contribution in [1.29, 1.82) is 0 Å². The lowest BCUT2D eigenvalue weighted by Crippen LogP contribution is -2.24. The predicted octanol–water partition coefficient (Wildman–Crippen LogP) is 1.40. The van der Waals surface area contributed by atoms with Crippen molar-refractivity contribution in [3.05, 3.63) is 28.8 Å². The maximum Gasteiger partial charge on any atom is 0.231 e. The van der Waals surface area contributed by atoms with Crippen LogP contribution in [0.4, 0.5) is 5.69 Å². The number of amides is 1. The van der Waals surface area contributed by atoms with E-state index in [9.17, 15) is 4.79 Å². The van der Waals surface area contributed by atoms with Gasteiger partial charge < -0.3 is 10.6 Å². The van der Waals surface area contributed by atoms with Gasteiger partial charge in [-0.05, 0) is 31.4 Å². The van der Waals surface area contributed by atoms with Crippen molar-refractivity contribution < 1.29 is 4.79 Å². The third-order valence-electron chi connectivity index (χ3n) is 3.01. The number of likely N-dealkylation sites (N-methyl/N-ethyl adjacent to an activating group) is 1. The van der Waals surface area contributed by atoms with E-state index >= 15 is 0 Å². The second-order valence-corrected chi connectivity index (χ2v) is 4.74. The van der Waals surface area contributed by atoms with E-state index in [2.05, 4.69) is 19.1 Å². The number of hydrogen-bond donors (Lipinski definition) is 1. The molecule has 1 unspecified atom stereocenters. The Morgan fingerprint density at radius 3 is 2.81 bits per heavy atom. The molecule has 0 bridgehead atoms. The van der Waals surface area contributed by atoms with E-state index in [1.165, 1.54) is 11.1 Å². The summed E-state index contributed by atoms with van der Waals surface area (Å²) in [5.41, 5.74) is 10.5. The average molecular weight is 218 g/mol. The number of aryl methyl sites for hydroxylation is 1. The molecule has 86 valence electrons. The SMILES string of the molecule is Cc1cc2c(c(CC(C)N)c1)N(C)C(=O)C2. The van der Waals surface area contributed by atoms with Gasteiger partial charge in [-0.2, -0.15) is 0 Å². The molecule has 1 amide bonds. The van der Waals surface area contributed by atoms with Crippen molar-refractivity contribution >= 4 is 11.6 Å². The summed E-state index contributed by atoms with van der Waals surface area (Å²) in [5.74, 6) is 0.173. The van der Waals surface area contributed by atoms with Gasteiger partial charge in [-0.15, -0.1) is 0 Å². The highest BCUT2D eigenvalue weighted by atomic mass is 16.2. The summed E-state index contributed by atoms with van der Waals surface area (Å²) < 4.78 is 0. The van der Waals surface area contributed by atoms with Crippen LogP contribution in [0.5, 0.6) is 0 Å². The zero-order valence-electron chi connectivity index (χ0n) is 10.1. The van der Waals surface area contributed by atoms with Crippen LogP contribution in [0.2, 0.25) is 0 Å². The first-order valence-electron chi connectivity index (χ1n) is 5.63. The number of carbonyl (C=O) groups is 1. The fourth-order valence-corrected chi connectivity index (χ4v) is 2.41. The lowest BCUT2D eigenvalue weighted by Gasteiger charge is -2.17. The summed E-state index contributed by atoms with van der Waals surface area (Å²) in [4.78, 5) is 13.4. The molecule has 0 radical (unpaired) electrons. The second-order valence-electron chi connectivity index (χ2n) is 4.74. The Morgan fingerprint density at radius 1 is 1.50 bits per heavy atom. The number of nitrogens with zero attached hydrogens (tertiary/aromatic N) is 1. The van der Waals surface area contributed by atoms with E-state index in [-0.39, 0.29) is 11.9 Å². The van der Waals surface area contributed by atoms with Gasteiger partial charge in [0.2, 0.25) is 5.91 Å². The summed E-state index contributed by atoms with van der Waals surface area (Å²) in [6, 6.07) is 4.36. The first-order valence-corrected chi connectivity index (χ1v) is 5.63. The van der Waals surface area contributed by atoms with Gasteiger partial charge >= 0.3 is 0 Å². The smallest absolute Gasteiger partial charge is 0.231 e. The molecular formula is C13H18N2O. The van der Waals surface area contributed by atoms with Crippen molar-refractivity contribution in [3.8, 4) is 0 Å². The topological polar surface area (TPSA) is 46.3 Å². The number of anilines is 1. The van der Waals surface area contributed by atoms with E-state index in [1.807, 2.05) is 14.0 Å². The Labute approximate surface area is 96.2 Å². The summed E-state index contributed by atoms with van der Waals surface area (Å²) >= 11 is 0. The van der Waals surface area contributed by atoms with E-state index < -0.39 is 0 Å². The maximum atomic E-state index is 11.7. The van der Waals surface area contributed by atoms with Crippen LogP contribution in [0, 0.1) is 6.92 Å². The zero-order chi connectivity index (χ0) is 11.9. The molecule has 1 aliphatic heterocycles. The van der Waals surface area contributed by atoms with Gasteiger partial charge in [-0.25, -0.2) is 0 Å². The van der Waals surface area contributed by atoms with Crippen LogP contribution in [0.25, 0.3) is 0 Å². The first-order chi connectivity index (χ1) is 7.49. The number of hydrogen-bond acceptors (Lipinski definition) is 2. The molecule has 0 aliphatic carbocycles. The van der Waals surface area contributed by atoms with E-state index in [0.29, 0.717) is 6.42 Å². The summed E-state index contributed by atoms with van der Waals surface area (Å²) in [6.07, 6.45) is 1.35. The lowest BCUT2D eigenvalue weighted by molar-refractivity contribution is -0.117. The fraction of sp³-hybridized carbons (Fsp3) is 0.462. The van der Waals surface area contributed by atoms with Crippen molar-refractivity contribution in [1.82, 2.24) is 0 Å². The molecule has 3 heteroatoms. The molecular weight excluding hydrogens is 200 g/mol. The molecule has 0 spiro atoms. The normalized spacial score (nSPS) is 16.5. The molecule has 0 saturated carbocycles. The minimum atomic E-state index is 0.120. The number of rotatable bonds is 2. The van der Waals surface area contributed by atoms with Crippen LogP contribution in [0.15, 0.2) is 12.1 Å². The Morgan fingerprint density at radius 2 is 2.19 bits per heavy atom. The molecule has 2 rings (SSSR count). The lowest BCUT2D eigenvalue weighted by atomic mass is 9.99. The molecule has 0 aromatic heterocycles. The Hall–Kier alpha value is -1.35. The third-order valence-corrected chi connectivity index (χ3v) is 3.01.